The fourth-order valence-corrected chi connectivity index (χ4v) is 2.91. The first-order valence-electron chi connectivity index (χ1n) is 8.34. The molecule has 0 amide bonds. The summed E-state index contributed by atoms with van der Waals surface area (Å²) < 4.78 is 11.3. The second-order valence-electron chi connectivity index (χ2n) is 5.75. The van der Waals surface area contributed by atoms with Crippen molar-refractivity contribution in [3.8, 4) is 11.5 Å². The van der Waals surface area contributed by atoms with Gasteiger partial charge in [0.25, 0.3) is 0 Å². The van der Waals surface area contributed by atoms with Gasteiger partial charge in [0.15, 0.2) is 11.5 Å². The van der Waals surface area contributed by atoms with E-state index in [9.17, 15) is 0 Å². The SMILES string of the molecule is CCCOc1c(CNCc2nc3ccccc3[nH]2)cc(Cl)cc1OC. The smallest absolute Gasteiger partial charge is 0.165 e. The Balaban J connectivity index is 1.72. The summed E-state index contributed by atoms with van der Waals surface area (Å²) in [7, 11) is 1.62. The van der Waals surface area contributed by atoms with E-state index in [1.807, 2.05) is 30.3 Å². The van der Waals surface area contributed by atoms with E-state index < -0.39 is 0 Å². The van der Waals surface area contributed by atoms with Crippen molar-refractivity contribution >= 4 is 22.6 Å². The van der Waals surface area contributed by atoms with E-state index in [2.05, 4.69) is 22.2 Å². The number of halogens is 1. The third-order valence-electron chi connectivity index (χ3n) is 3.81. The average Bonchev–Trinajstić information content (AvgIpc) is 3.03. The maximum atomic E-state index is 6.20. The molecular weight excluding hydrogens is 338 g/mol. The van der Waals surface area contributed by atoms with Crippen molar-refractivity contribution in [2.24, 2.45) is 0 Å². The lowest BCUT2D eigenvalue weighted by Gasteiger charge is -2.15. The molecule has 0 aliphatic carbocycles. The summed E-state index contributed by atoms with van der Waals surface area (Å²) >= 11 is 6.20. The molecule has 2 N–H and O–H groups in total. The molecule has 0 aliphatic heterocycles. The Morgan fingerprint density at radius 1 is 1.20 bits per heavy atom. The number of methoxy groups -OCH3 is 1. The molecule has 0 radical (unpaired) electrons. The van der Waals surface area contributed by atoms with E-state index in [1.165, 1.54) is 0 Å². The second-order valence-corrected chi connectivity index (χ2v) is 6.19. The van der Waals surface area contributed by atoms with Crippen LogP contribution in [-0.2, 0) is 13.1 Å². The van der Waals surface area contributed by atoms with E-state index in [0.717, 1.165) is 34.6 Å². The first kappa shape index (κ1) is 17.6. The summed E-state index contributed by atoms with van der Waals surface area (Å²) in [6, 6.07) is 11.7. The van der Waals surface area contributed by atoms with Crippen molar-refractivity contribution < 1.29 is 9.47 Å². The number of hydrogen-bond acceptors (Lipinski definition) is 4. The normalized spacial score (nSPS) is 11.0. The number of aromatic amines is 1. The molecule has 1 aromatic heterocycles. The van der Waals surface area contributed by atoms with Crippen LogP contribution in [0.2, 0.25) is 5.02 Å². The first-order chi connectivity index (χ1) is 12.2. The number of H-pyrrole nitrogens is 1. The number of nitrogens with zero attached hydrogens (tertiary/aromatic N) is 1. The fourth-order valence-electron chi connectivity index (χ4n) is 2.68. The highest BCUT2D eigenvalue weighted by molar-refractivity contribution is 6.30. The molecule has 5 nitrogen and oxygen atoms in total. The summed E-state index contributed by atoms with van der Waals surface area (Å²) in [5.41, 5.74) is 2.97. The van der Waals surface area contributed by atoms with Crippen molar-refractivity contribution in [3.63, 3.8) is 0 Å². The Kier molecular flexibility index (Phi) is 5.79. The van der Waals surface area contributed by atoms with E-state index in [4.69, 9.17) is 21.1 Å². The van der Waals surface area contributed by atoms with E-state index in [-0.39, 0.29) is 0 Å². The van der Waals surface area contributed by atoms with Crippen LogP contribution in [0.4, 0.5) is 0 Å². The fraction of sp³-hybridized carbons (Fsp3) is 0.316. The lowest BCUT2D eigenvalue weighted by atomic mass is 10.1. The number of para-hydroxylation sites is 2. The molecule has 0 saturated heterocycles. The Bertz CT molecular complexity index is 815. The van der Waals surface area contributed by atoms with Crippen LogP contribution in [0.25, 0.3) is 11.0 Å². The van der Waals surface area contributed by atoms with Crippen LogP contribution < -0.4 is 14.8 Å². The predicted molar refractivity (Wildman–Crippen MR) is 100 cm³/mol. The van der Waals surface area contributed by atoms with Crippen molar-refractivity contribution in [2.75, 3.05) is 13.7 Å². The number of aromatic nitrogens is 2. The zero-order chi connectivity index (χ0) is 17.6. The minimum absolute atomic E-state index is 0.604. The quantitative estimate of drug-likeness (QED) is 0.629. The molecule has 132 valence electrons. The van der Waals surface area contributed by atoms with Crippen molar-refractivity contribution in [2.45, 2.75) is 26.4 Å². The zero-order valence-corrected chi connectivity index (χ0v) is 15.2. The minimum atomic E-state index is 0.604. The second kappa shape index (κ2) is 8.23. The monoisotopic (exact) mass is 359 g/mol. The third-order valence-corrected chi connectivity index (χ3v) is 4.03. The van der Waals surface area contributed by atoms with Crippen LogP contribution >= 0.6 is 11.6 Å². The molecule has 0 saturated carbocycles. The highest BCUT2D eigenvalue weighted by Gasteiger charge is 2.13. The summed E-state index contributed by atoms with van der Waals surface area (Å²) in [4.78, 5) is 7.88. The number of nitrogens with one attached hydrogen (secondary N) is 2. The first-order valence-corrected chi connectivity index (χ1v) is 8.72. The van der Waals surface area contributed by atoms with Crippen molar-refractivity contribution in [1.82, 2.24) is 15.3 Å². The van der Waals surface area contributed by atoms with Gasteiger partial charge < -0.3 is 19.8 Å². The molecule has 0 fully saturated rings. The molecule has 0 spiro atoms. The molecule has 0 aliphatic rings. The highest BCUT2D eigenvalue weighted by Crippen LogP contribution is 2.34. The number of ether oxygens (including phenoxy) is 2. The van der Waals surface area contributed by atoms with Gasteiger partial charge in [0.1, 0.15) is 5.82 Å². The van der Waals surface area contributed by atoms with Gasteiger partial charge in [-0.2, -0.15) is 0 Å². The van der Waals surface area contributed by atoms with E-state index >= 15 is 0 Å². The number of benzene rings is 2. The van der Waals surface area contributed by atoms with Gasteiger partial charge in [-0.15, -0.1) is 0 Å². The molecule has 0 unspecified atom stereocenters. The minimum Gasteiger partial charge on any atom is -0.493 e. The molecule has 1 heterocycles. The zero-order valence-electron chi connectivity index (χ0n) is 14.4. The van der Waals surface area contributed by atoms with Gasteiger partial charge in [-0.25, -0.2) is 4.98 Å². The van der Waals surface area contributed by atoms with Crippen molar-refractivity contribution in [3.05, 3.63) is 52.8 Å². The Labute approximate surface area is 152 Å². The van der Waals surface area contributed by atoms with Gasteiger partial charge in [-0.05, 0) is 24.6 Å². The number of fused-ring (bicyclic) bond motifs is 1. The Morgan fingerprint density at radius 3 is 2.80 bits per heavy atom. The van der Waals surface area contributed by atoms with E-state index in [1.54, 1.807) is 13.2 Å². The summed E-state index contributed by atoms with van der Waals surface area (Å²) in [6.45, 7) is 3.93. The topological polar surface area (TPSA) is 59.2 Å². The predicted octanol–water partition coefficient (Wildman–Crippen LogP) is 4.30. The maximum absolute atomic E-state index is 6.20. The van der Waals surface area contributed by atoms with Gasteiger partial charge in [-0.1, -0.05) is 30.7 Å². The molecule has 2 aromatic carbocycles. The standard InChI is InChI=1S/C19H22ClN3O2/c1-3-8-25-19-13(9-14(20)10-17(19)24-2)11-21-12-18-22-15-6-4-5-7-16(15)23-18/h4-7,9-10,21H,3,8,11-12H2,1-2H3,(H,22,23). The Morgan fingerprint density at radius 2 is 2.04 bits per heavy atom. The van der Waals surface area contributed by atoms with Crippen LogP contribution in [0, 0.1) is 0 Å². The van der Waals surface area contributed by atoms with E-state index in [0.29, 0.717) is 30.5 Å². The summed E-state index contributed by atoms with van der Waals surface area (Å²) in [5.74, 6) is 2.29. The van der Waals surface area contributed by atoms with Gasteiger partial charge in [0.2, 0.25) is 0 Å². The average molecular weight is 360 g/mol. The van der Waals surface area contributed by atoms with Crippen molar-refractivity contribution in [1.29, 1.82) is 0 Å². The number of hydrogen-bond donors (Lipinski definition) is 2. The molecule has 0 bridgehead atoms. The summed E-state index contributed by atoms with van der Waals surface area (Å²) in [5, 5.41) is 4.01. The van der Waals surface area contributed by atoms with Crippen LogP contribution in [-0.4, -0.2) is 23.7 Å². The molecular formula is C19H22ClN3O2. The summed E-state index contributed by atoms with van der Waals surface area (Å²) in [6.07, 6.45) is 0.928. The van der Waals surface area contributed by atoms with Gasteiger partial charge in [0.05, 0.1) is 31.3 Å². The molecule has 3 aromatic rings. The number of imidazole rings is 1. The van der Waals surface area contributed by atoms with Gasteiger partial charge >= 0.3 is 0 Å². The van der Waals surface area contributed by atoms with Crippen LogP contribution in [0.1, 0.15) is 24.7 Å². The van der Waals surface area contributed by atoms with Crippen LogP contribution in [0.3, 0.4) is 0 Å². The molecule has 25 heavy (non-hydrogen) atoms. The number of rotatable bonds is 8. The Hall–Kier alpha value is -2.24. The lowest BCUT2D eigenvalue weighted by molar-refractivity contribution is 0.290. The molecule has 3 rings (SSSR count). The van der Waals surface area contributed by atoms with Gasteiger partial charge in [-0.3, -0.25) is 0 Å². The molecule has 6 heteroatoms. The van der Waals surface area contributed by atoms with Crippen LogP contribution in [0.15, 0.2) is 36.4 Å². The lowest BCUT2D eigenvalue weighted by Crippen LogP contribution is -2.15. The highest BCUT2D eigenvalue weighted by atomic mass is 35.5. The molecule has 0 atom stereocenters. The maximum Gasteiger partial charge on any atom is 0.165 e. The third kappa shape index (κ3) is 4.24. The van der Waals surface area contributed by atoms with Gasteiger partial charge in [0, 0.05) is 23.2 Å². The van der Waals surface area contributed by atoms with Crippen LogP contribution in [0.5, 0.6) is 11.5 Å². The largest absolute Gasteiger partial charge is 0.493 e.